The molecule has 28 heavy (non-hydrogen) atoms. The van der Waals surface area contributed by atoms with Crippen molar-refractivity contribution in [2.45, 2.75) is 45.6 Å². The van der Waals surface area contributed by atoms with E-state index in [0.29, 0.717) is 13.1 Å². The molecule has 1 aliphatic heterocycles. The topological polar surface area (TPSA) is 60.9 Å². The van der Waals surface area contributed by atoms with Crippen LogP contribution in [0.4, 0.5) is 4.79 Å². The smallest absolute Gasteiger partial charge is 0.327 e. The van der Waals surface area contributed by atoms with E-state index in [9.17, 15) is 14.4 Å². The number of carbonyl (C=O) groups excluding carboxylic acids is 3. The van der Waals surface area contributed by atoms with Crippen LogP contribution < -0.4 is 0 Å². The molecule has 4 amide bonds. The lowest BCUT2D eigenvalue weighted by Crippen LogP contribution is -2.43. The lowest BCUT2D eigenvalue weighted by molar-refractivity contribution is -0.137. The van der Waals surface area contributed by atoms with Crippen LogP contribution in [0.1, 0.15) is 43.2 Å². The van der Waals surface area contributed by atoms with Crippen LogP contribution in [-0.4, -0.2) is 59.2 Å². The Balaban J connectivity index is 1.71. The van der Waals surface area contributed by atoms with Gasteiger partial charge in [-0.1, -0.05) is 35.9 Å². The summed E-state index contributed by atoms with van der Waals surface area (Å²) >= 11 is 0. The summed E-state index contributed by atoms with van der Waals surface area (Å²) in [5.74, 6) is -0.497. The Hall–Kier alpha value is -2.63. The minimum atomic E-state index is -0.399. The van der Waals surface area contributed by atoms with Crippen molar-refractivity contribution in [1.29, 1.82) is 0 Å². The van der Waals surface area contributed by atoms with Crippen molar-refractivity contribution in [2.24, 2.45) is 0 Å². The molecule has 0 saturated carbocycles. The third-order valence-electron chi connectivity index (χ3n) is 5.59. The first-order valence-corrected chi connectivity index (χ1v) is 10.0. The van der Waals surface area contributed by atoms with Gasteiger partial charge in [-0.05, 0) is 50.2 Å². The lowest BCUT2D eigenvalue weighted by atomic mass is 9.97. The molecule has 6 nitrogen and oxygen atoms in total. The summed E-state index contributed by atoms with van der Waals surface area (Å²) in [7, 11) is 1.57. The first-order chi connectivity index (χ1) is 13.5. The predicted molar refractivity (Wildman–Crippen MR) is 108 cm³/mol. The fourth-order valence-electron chi connectivity index (χ4n) is 3.76. The van der Waals surface area contributed by atoms with Gasteiger partial charge < -0.3 is 9.80 Å². The molecule has 0 bridgehead atoms. The number of rotatable bonds is 7. The van der Waals surface area contributed by atoms with Crippen molar-refractivity contribution in [3.05, 3.63) is 47.0 Å². The highest BCUT2D eigenvalue weighted by Crippen LogP contribution is 2.21. The summed E-state index contributed by atoms with van der Waals surface area (Å²) in [5, 5.41) is 0. The zero-order chi connectivity index (χ0) is 20.1. The SMILES string of the molecule is Cc1ccccc1CN(CCC1=CCCCC1)C(=O)CN1C(=O)CN(C)C1=O. The fourth-order valence-corrected chi connectivity index (χ4v) is 3.76. The molecule has 0 spiro atoms. The van der Waals surface area contributed by atoms with Crippen molar-refractivity contribution < 1.29 is 14.4 Å². The van der Waals surface area contributed by atoms with E-state index in [2.05, 4.69) is 6.08 Å². The second kappa shape index (κ2) is 9.04. The van der Waals surface area contributed by atoms with Gasteiger partial charge in [0.15, 0.2) is 0 Å². The van der Waals surface area contributed by atoms with E-state index in [1.807, 2.05) is 31.2 Å². The molecular weight excluding hydrogens is 354 g/mol. The van der Waals surface area contributed by atoms with E-state index >= 15 is 0 Å². The number of imide groups is 1. The van der Waals surface area contributed by atoms with Crippen molar-refractivity contribution in [2.75, 3.05) is 26.7 Å². The Labute approximate surface area is 166 Å². The van der Waals surface area contributed by atoms with E-state index < -0.39 is 6.03 Å². The van der Waals surface area contributed by atoms with Crippen LogP contribution in [0.25, 0.3) is 0 Å². The van der Waals surface area contributed by atoms with Crippen LogP contribution in [0.3, 0.4) is 0 Å². The zero-order valence-corrected chi connectivity index (χ0v) is 16.8. The minimum Gasteiger partial charge on any atom is -0.336 e. The summed E-state index contributed by atoms with van der Waals surface area (Å²) in [6, 6.07) is 7.61. The molecular formula is C22H29N3O3. The molecule has 1 aliphatic carbocycles. The second-order valence-corrected chi connectivity index (χ2v) is 7.72. The number of benzene rings is 1. The van der Waals surface area contributed by atoms with Gasteiger partial charge in [-0.2, -0.15) is 0 Å². The van der Waals surface area contributed by atoms with Crippen molar-refractivity contribution in [3.63, 3.8) is 0 Å². The van der Waals surface area contributed by atoms with Gasteiger partial charge in [0.05, 0.1) is 0 Å². The van der Waals surface area contributed by atoms with Crippen molar-refractivity contribution in [3.8, 4) is 0 Å². The van der Waals surface area contributed by atoms with Gasteiger partial charge in [-0.25, -0.2) is 4.79 Å². The molecule has 1 aromatic rings. The molecule has 1 aromatic carbocycles. The van der Waals surface area contributed by atoms with Crippen molar-refractivity contribution in [1.82, 2.24) is 14.7 Å². The number of hydrogen-bond acceptors (Lipinski definition) is 3. The van der Waals surface area contributed by atoms with Gasteiger partial charge in [0, 0.05) is 20.1 Å². The monoisotopic (exact) mass is 383 g/mol. The predicted octanol–water partition coefficient (Wildman–Crippen LogP) is 3.11. The van der Waals surface area contributed by atoms with Crippen LogP contribution >= 0.6 is 0 Å². The van der Waals surface area contributed by atoms with Gasteiger partial charge >= 0.3 is 6.03 Å². The highest BCUT2D eigenvalue weighted by molar-refractivity contribution is 6.04. The summed E-state index contributed by atoms with van der Waals surface area (Å²) in [6.07, 6.45) is 7.80. The third kappa shape index (κ3) is 4.80. The molecule has 0 unspecified atom stereocenters. The average Bonchev–Trinajstić information content (AvgIpc) is 2.93. The Morgan fingerprint density at radius 1 is 1.18 bits per heavy atom. The molecule has 0 N–H and O–H groups in total. The Bertz CT molecular complexity index is 787. The van der Waals surface area contributed by atoms with Gasteiger partial charge in [0.2, 0.25) is 5.91 Å². The van der Waals surface area contributed by atoms with Crippen LogP contribution in [0.15, 0.2) is 35.9 Å². The molecule has 0 aromatic heterocycles. The summed E-state index contributed by atoms with van der Waals surface area (Å²) in [4.78, 5) is 41.4. The Morgan fingerprint density at radius 2 is 1.96 bits per heavy atom. The van der Waals surface area contributed by atoms with Gasteiger partial charge in [-0.15, -0.1) is 0 Å². The molecule has 150 valence electrons. The third-order valence-corrected chi connectivity index (χ3v) is 5.59. The normalized spacial score (nSPS) is 17.1. The highest BCUT2D eigenvalue weighted by atomic mass is 16.2. The van der Waals surface area contributed by atoms with E-state index in [-0.39, 0.29) is 24.9 Å². The number of allylic oxidation sites excluding steroid dienone is 1. The van der Waals surface area contributed by atoms with E-state index in [4.69, 9.17) is 0 Å². The van der Waals surface area contributed by atoms with Crippen molar-refractivity contribution >= 4 is 17.8 Å². The minimum absolute atomic E-state index is 0.0385. The first kappa shape index (κ1) is 20.1. The summed E-state index contributed by atoms with van der Waals surface area (Å²) in [5.41, 5.74) is 3.62. The zero-order valence-electron chi connectivity index (χ0n) is 16.8. The van der Waals surface area contributed by atoms with Gasteiger partial charge in [0.1, 0.15) is 13.1 Å². The van der Waals surface area contributed by atoms with Crippen LogP contribution in [0.2, 0.25) is 0 Å². The lowest BCUT2D eigenvalue weighted by Gasteiger charge is -2.26. The van der Waals surface area contributed by atoms with E-state index in [0.717, 1.165) is 35.3 Å². The molecule has 2 aliphatic rings. The first-order valence-electron chi connectivity index (χ1n) is 10.0. The standard InChI is InChI=1S/C22H29N3O3/c1-17-8-6-7-11-19(17)14-24(13-12-18-9-4-3-5-10-18)20(26)16-25-21(27)15-23(2)22(25)28/h6-9,11H,3-5,10,12-16H2,1-2H3. The number of urea groups is 1. The van der Waals surface area contributed by atoms with E-state index in [1.54, 1.807) is 11.9 Å². The fraction of sp³-hybridized carbons (Fsp3) is 0.500. The quantitative estimate of drug-likeness (QED) is 0.537. The number of likely N-dealkylation sites (N-methyl/N-ethyl adjacent to an activating group) is 1. The Kier molecular flexibility index (Phi) is 6.49. The Morgan fingerprint density at radius 3 is 2.61 bits per heavy atom. The number of aryl methyl sites for hydroxylation is 1. The molecule has 6 heteroatoms. The molecule has 1 fully saturated rings. The number of nitrogens with zero attached hydrogens (tertiary/aromatic N) is 3. The summed E-state index contributed by atoms with van der Waals surface area (Å²) < 4.78 is 0. The second-order valence-electron chi connectivity index (χ2n) is 7.72. The highest BCUT2D eigenvalue weighted by Gasteiger charge is 2.35. The molecule has 0 atom stereocenters. The maximum atomic E-state index is 13.0. The van der Waals surface area contributed by atoms with E-state index in [1.165, 1.54) is 23.3 Å². The maximum Gasteiger partial charge on any atom is 0.327 e. The largest absolute Gasteiger partial charge is 0.336 e. The number of amides is 4. The van der Waals surface area contributed by atoms with Crippen LogP contribution in [-0.2, 0) is 16.1 Å². The average molecular weight is 383 g/mol. The number of carbonyl (C=O) groups is 3. The van der Waals surface area contributed by atoms with Crippen LogP contribution in [0.5, 0.6) is 0 Å². The molecule has 0 radical (unpaired) electrons. The van der Waals surface area contributed by atoms with Crippen LogP contribution in [0, 0.1) is 6.92 Å². The molecule has 1 saturated heterocycles. The van der Waals surface area contributed by atoms with Gasteiger partial charge in [-0.3, -0.25) is 14.5 Å². The maximum absolute atomic E-state index is 13.0. The molecule has 3 rings (SSSR count). The summed E-state index contributed by atoms with van der Waals surface area (Å²) in [6.45, 7) is 2.98. The number of hydrogen-bond donors (Lipinski definition) is 0. The molecule has 1 heterocycles. The van der Waals surface area contributed by atoms with Gasteiger partial charge in [0.25, 0.3) is 5.91 Å².